The lowest BCUT2D eigenvalue weighted by Crippen LogP contribution is -2.56. The molecule has 0 radical (unpaired) electrons. The summed E-state index contributed by atoms with van der Waals surface area (Å²) in [5.74, 6) is 0.735. The lowest BCUT2D eigenvalue weighted by Gasteiger charge is -2.45. The standard InChI is InChI=1S/C24H27F2N3O2/c1-3-5-10-27-20-13-18-17-11-15(25)12-19(26)22(17)28-23(18)24(29(20)21(31)4-2)14-6-8-16(30)9-7-14/h2,11-12,14,20,24,27-28H,3,5-10,13H2,1H3/t20-,24+/m1/s1. The largest absolute Gasteiger partial charge is 0.354 e. The van der Waals surface area contributed by atoms with E-state index in [-0.39, 0.29) is 23.4 Å². The fraction of sp³-hybridized carbons (Fsp3) is 0.500. The Kier molecular flexibility index (Phi) is 6.10. The van der Waals surface area contributed by atoms with Crippen molar-refractivity contribution in [2.24, 2.45) is 5.92 Å². The van der Waals surface area contributed by atoms with Gasteiger partial charge in [0.15, 0.2) is 0 Å². The number of benzene rings is 1. The highest BCUT2D eigenvalue weighted by Crippen LogP contribution is 2.45. The number of Topliss-reactive ketones (excluding diaryl/α,β-unsaturated/α-hetero) is 1. The maximum Gasteiger partial charge on any atom is 0.300 e. The highest BCUT2D eigenvalue weighted by Gasteiger charge is 2.43. The van der Waals surface area contributed by atoms with Gasteiger partial charge in [0.1, 0.15) is 17.4 Å². The molecule has 1 saturated carbocycles. The topological polar surface area (TPSA) is 65.2 Å². The van der Waals surface area contributed by atoms with Crippen molar-refractivity contribution < 1.29 is 18.4 Å². The van der Waals surface area contributed by atoms with Gasteiger partial charge >= 0.3 is 0 Å². The smallest absolute Gasteiger partial charge is 0.300 e. The maximum atomic E-state index is 14.6. The second kappa shape index (κ2) is 8.80. The van der Waals surface area contributed by atoms with E-state index in [0.717, 1.165) is 24.5 Å². The molecule has 2 aliphatic rings. The predicted octanol–water partition coefficient (Wildman–Crippen LogP) is 3.98. The Morgan fingerprint density at radius 2 is 2.06 bits per heavy atom. The van der Waals surface area contributed by atoms with Gasteiger partial charge in [-0.3, -0.25) is 14.9 Å². The second-order valence-corrected chi connectivity index (χ2v) is 8.53. The Balaban J connectivity index is 1.85. The highest BCUT2D eigenvalue weighted by atomic mass is 19.1. The number of halogens is 2. The summed E-state index contributed by atoms with van der Waals surface area (Å²) in [7, 11) is 0. The number of fused-ring (bicyclic) bond motifs is 3. The fourth-order valence-electron chi connectivity index (χ4n) is 5.09. The molecule has 0 saturated heterocycles. The number of hydrogen-bond acceptors (Lipinski definition) is 3. The van der Waals surface area contributed by atoms with Crippen LogP contribution in [0.3, 0.4) is 0 Å². The van der Waals surface area contributed by atoms with E-state index in [1.165, 1.54) is 6.07 Å². The van der Waals surface area contributed by atoms with Crippen molar-refractivity contribution in [3.05, 3.63) is 35.0 Å². The van der Waals surface area contributed by atoms with Gasteiger partial charge in [-0.15, -0.1) is 6.42 Å². The minimum absolute atomic E-state index is 0.00509. The summed E-state index contributed by atoms with van der Waals surface area (Å²) in [6, 6.07) is 1.78. The summed E-state index contributed by atoms with van der Waals surface area (Å²) in [6.45, 7) is 2.78. The molecule has 2 atom stereocenters. The van der Waals surface area contributed by atoms with Gasteiger partial charge in [-0.1, -0.05) is 13.3 Å². The van der Waals surface area contributed by atoms with E-state index in [1.807, 2.05) is 0 Å². The molecule has 0 bridgehead atoms. The molecule has 7 heteroatoms. The van der Waals surface area contributed by atoms with Crippen LogP contribution in [-0.4, -0.2) is 34.3 Å². The number of unbranched alkanes of at least 4 members (excludes halogenated alkanes) is 1. The summed E-state index contributed by atoms with van der Waals surface area (Å²) in [6.07, 6.45) is 9.64. The number of aromatic amines is 1. The summed E-state index contributed by atoms with van der Waals surface area (Å²) in [5.41, 5.74) is 1.76. The van der Waals surface area contributed by atoms with Crippen LogP contribution in [0.4, 0.5) is 8.78 Å². The molecule has 1 aromatic carbocycles. The van der Waals surface area contributed by atoms with Gasteiger partial charge in [0.25, 0.3) is 5.91 Å². The molecule has 0 unspecified atom stereocenters. The van der Waals surface area contributed by atoms with Crippen LogP contribution < -0.4 is 5.32 Å². The van der Waals surface area contributed by atoms with E-state index in [0.29, 0.717) is 49.7 Å². The van der Waals surface area contributed by atoms with Gasteiger partial charge < -0.3 is 9.88 Å². The summed E-state index contributed by atoms with van der Waals surface area (Å²) < 4.78 is 28.6. The number of amides is 1. The van der Waals surface area contributed by atoms with Crippen molar-refractivity contribution in [3.8, 4) is 12.3 Å². The zero-order chi connectivity index (χ0) is 22.1. The Hall–Kier alpha value is -2.72. The molecule has 1 amide bonds. The number of nitrogens with zero attached hydrogens (tertiary/aromatic N) is 1. The Morgan fingerprint density at radius 1 is 1.32 bits per heavy atom. The first-order chi connectivity index (χ1) is 14.9. The number of H-pyrrole nitrogens is 1. The van der Waals surface area contributed by atoms with E-state index in [1.54, 1.807) is 4.90 Å². The molecule has 1 aliphatic heterocycles. The fourth-order valence-corrected chi connectivity index (χ4v) is 5.09. The molecule has 164 valence electrons. The maximum absolute atomic E-state index is 14.6. The zero-order valence-electron chi connectivity index (χ0n) is 17.6. The number of hydrogen-bond donors (Lipinski definition) is 2. The van der Waals surface area contributed by atoms with Crippen molar-refractivity contribution in [3.63, 3.8) is 0 Å². The molecule has 5 nitrogen and oxygen atoms in total. The van der Waals surface area contributed by atoms with Gasteiger partial charge in [0.2, 0.25) is 0 Å². The first-order valence-electron chi connectivity index (χ1n) is 11.0. The van der Waals surface area contributed by atoms with Crippen LogP contribution in [0.25, 0.3) is 10.9 Å². The van der Waals surface area contributed by atoms with Crippen LogP contribution in [0.5, 0.6) is 0 Å². The number of rotatable bonds is 5. The van der Waals surface area contributed by atoms with E-state index in [2.05, 4.69) is 23.1 Å². The minimum atomic E-state index is -0.660. The van der Waals surface area contributed by atoms with Crippen LogP contribution in [0.1, 0.15) is 62.7 Å². The average molecular weight is 427 g/mol. The third-order valence-electron chi connectivity index (χ3n) is 6.60. The van der Waals surface area contributed by atoms with Crippen molar-refractivity contribution >= 4 is 22.6 Å². The van der Waals surface area contributed by atoms with E-state index < -0.39 is 23.6 Å². The molecule has 2 heterocycles. The molecule has 1 aliphatic carbocycles. The van der Waals surface area contributed by atoms with Gasteiger partial charge in [-0.2, -0.15) is 0 Å². The van der Waals surface area contributed by atoms with Crippen molar-refractivity contribution in [2.45, 2.75) is 64.1 Å². The molecule has 0 spiro atoms. The Bertz CT molecular complexity index is 1050. The number of carbonyl (C=O) groups excluding carboxylic acids is 2. The number of aromatic nitrogens is 1. The number of ketones is 1. The molecule has 1 fully saturated rings. The minimum Gasteiger partial charge on any atom is -0.354 e. The number of terminal acetylenes is 1. The third kappa shape index (κ3) is 3.97. The first-order valence-corrected chi connectivity index (χ1v) is 11.0. The first kappa shape index (κ1) is 21.5. The van der Waals surface area contributed by atoms with Crippen LogP contribution in [0.2, 0.25) is 0 Å². The normalized spacial score (nSPS) is 21.9. The van der Waals surface area contributed by atoms with Crippen LogP contribution in [0.15, 0.2) is 12.1 Å². The Morgan fingerprint density at radius 3 is 2.74 bits per heavy atom. The molecular weight excluding hydrogens is 400 g/mol. The van der Waals surface area contributed by atoms with E-state index in [4.69, 9.17) is 6.42 Å². The molecular formula is C24H27F2N3O2. The van der Waals surface area contributed by atoms with Gasteiger partial charge in [0, 0.05) is 36.4 Å². The van der Waals surface area contributed by atoms with Crippen LogP contribution >= 0.6 is 0 Å². The molecule has 4 rings (SSSR count). The van der Waals surface area contributed by atoms with Gasteiger partial charge in [0.05, 0.1) is 17.7 Å². The van der Waals surface area contributed by atoms with E-state index in [9.17, 15) is 18.4 Å². The molecule has 1 aromatic heterocycles. The second-order valence-electron chi connectivity index (χ2n) is 8.53. The summed E-state index contributed by atoms with van der Waals surface area (Å²) >= 11 is 0. The van der Waals surface area contributed by atoms with Crippen molar-refractivity contribution in [1.82, 2.24) is 15.2 Å². The van der Waals surface area contributed by atoms with Crippen LogP contribution in [0, 0.1) is 29.9 Å². The third-order valence-corrected chi connectivity index (χ3v) is 6.60. The number of carbonyl (C=O) groups is 2. The predicted molar refractivity (Wildman–Crippen MR) is 114 cm³/mol. The SMILES string of the molecule is C#CC(=O)N1[C@@H](NCCCC)Cc2c([nH]c3c(F)cc(F)cc23)[C@@H]1C1CCC(=O)CC1. The summed E-state index contributed by atoms with van der Waals surface area (Å²) in [4.78, 5) is 29.6. The van der Waals surface area contributed by atoms with Gasteiger partial charge in [-0.25, -0.2) is 8.78 Å². The lowest BCUT2D eigenvalue weighted by atomic mass is 9.78. The molecule has 2 N–H and O–H groups in total. The van der Waals surface area contributed by atoms with E-state index >= 15 is 0 Å². The molecule has 2 aromatic rings. The average Bonchev–Trinajstić information content (AvgIpc) is 3.12. The van der Waals surface area contributed by atoms with Crippen molar-refractivity contribution in [2.75, 3.05) is 6.54 Å². The van der Waals surface area contributed by atoms with Crippen LogP contribution in [-0.2, 0) is 16.0 Å². The zero-order valence-corrected chi connectivity index (χ0v) is 17.6. The molecule has 31 heavy (non-hydrogen) atoms. The van der Waals surface area contributed by atoms with Gasteiger partial charge in [-0.05, 0) is 49.3 Å². The monoisotopic (exact) mass is 427 g/mol. The Labute approximate surface area is 180 Å². The highest BCUT2D eigenvalue weighted by molar-refractivity contribution is 5.94. The summed E-state index contributed by atoms with van der Waals surface area (Å²) in [5, 5.41) is 3.93. The lowest BCUT2D eigenvalue weighted by molar-refractivity contribution is -0.134. The van der Waals surface area contributed by atoms with Crippen molar-refractivity contribution in [1.29, 1.82) is 0 Å². The number of nitrogens with one attached hydrogen (secondary N) is 2. The quantitative estimate of drug-likeness (QED) is 0.560.